The van der Waals surface area contributed by atoms with E-state index in [4.69, 9.17) is 10.00 Å². The molecule has 0 aromatic heterocycles. The summed E-state index contributed by atoms with van der Waals surface area (Å²) >= 11 is 0. The lowest BCUT2D eigenvalue weighted by Gasteiger charge is -2.10. The van der Waals surface area contributed by atoms with Crippen molar-refractivity contribution in [3.05, 3.63) is 0 Å². The molecule has 0 N–H and O–H groups in total. The minimum Gasteiger partial charge on any atom is -0.374 e. The van der Waals surface area contributed by atoms with Crippen molar-refractivity contribution in [3.63, 3.8) is 0 Å². The van der Waals surface area contributed by atoms with E-state index in [0.717, 1.165) is 0 Å². The second-order valence-electron chi connectivity index (χ2n) is 2.77. The van der Waals surface area contributed by atoms with Crippen molar-refractivity contribution in [2.75, 3.05) is 7.11 Å². The molecule has 0 saturated carbocycles. The summed E-state index contributed by atoms with van der Waals surface area (Å²) in [6.45, 7) is 1.36. The van der Waals surface area contributed by atoms with Crippen molar-refractivity contribution in [1.29, 1.82) is 5.26 Å². The number of hydrogen-bond acceptors (Lipinski definition) is 4. The zero-order chi connectivity index (χ0) is 10.3. The van der Waals surface area contributed by atoms with Crippen LogP contribution in [0.2, 0.25) is 0 Å². The highest BCUT2D eigenvalue weighted by Crippen LogP contribution is 2.04. The third-order valence-corrected chi connectivity index (χ3v) is 1.59. The molecule has 13 heavy (non-hydrogen) atoms. The van der Waals surface area contributed by atoms with E-state index < -0.39 is 6.10 Å². The first kappa shape index (κ1) is 11.8. The molecule has 0 rings (SSSR count). The van der Waals surface area contributed by atoms with E-state index >= 15 is 0 Å². The van der Waals surface area contributed by atoms with Gasteiger partial charge in [0.2, 0.25) is 0 Å². The molecule has 0 amide bonds. The van der Waals surface area contributed by atoms with E-state index in [2.05, 4.69) is 0 Å². The van der Waals surface area contributed by atoms with Gasteiger partial charge in [0.25, 0.3) is 0 Å². The highest BCUT2D eigenvalue weighted by atomic mass is 16.5. The average molecular weight is 183 g/mol. The fourth-order valence-electron chi connectivity index (χ4n) is 0.965. The van der Waals surface area contributed by atoms with Gasteiger partial charge in [-0.15, -0.1) is 0 Å². The summed E-state index contributed by atoms with van der Waals surface area (Å²) in [6, 6.07) is 1.92. The number of carbonyl (C=O) groups excluding carboxylic acids is 2. The highest BCUT2D eigenvalue weighted by Gasteiger charge is 2.18. The van der Waals surface area contributed by atoms with E-state index in [0.29, 0.717) is 6.42 Å². The van der Waals surface area contributed by atoms with Crippen LogP contribution in [0.25, 0.3) is 0 Å². The van der Waals surface area contributed by atoms with E-state index in [1.807, 2.05) is 6.07 Å². The van der Waals surface area contributed by atoms with Gasteiger partial charge in [-0.2, -0.15) is 5.26 Å². The van der Waals surface area contributed by atoms with Crippen LogP contribution in [0.3, 0.4) is 0 Å². The Morgan fingerprint density at radius 3 is 2.54 bits per heavy atom. The van der Waals surface area contributed by atoms with Crippen LogP contribution in [-0.4, -0.2) is 24.8 Å². The lowest BCUT2D eigenvalue weighted by molar-refractivity contribution is -0.133. The van der Waals surface area contributed by atoms with E-state index in [1.54, 1.807) is 0 Å². The third-order valence-electron chi connectivity index (χ3n) is 1.59. The van der Waals surface area contributed by atoms with Crippen LogP contribution in [0.15, 0.2) is 0 Å². The van der Waals surface area contributed by atoms with E-state index in [9.17, 15) is 9.59 Å². The first-order valence-electron chi connectivity index (χ1n) is 4.03. The minimum atomic E-state index is -0.608. The minimum absolute atomic E-state index is 0.107. The van der Waals surface area contributed by atoms with Gasteiger partial charge in [0.05, 0.1) is 12.5 Å². The van der Waals surface area contributed by atoms with Gasteiger partial charge in [0.15, 0.2) is 5.78 Å². The summed E-state index contributed by atoms with van der Waals surface area (Å²) in [5.41, 5.74) is 0. The molecule has 4 heteroatoms. The molecular weight excluding hydrogens is 170 g/mol. The molecule has 0 bridgehead atoms. The molecule has 4 nitrogen and oxygen atoms in total. The van der Waals surface area contributed by atoms with Crippen molar-refractivity contribution < 1.29 is 14.3 Å². The molecule has 0 spiro atoms. The number of nitrogens with zero attached hydrogens (tertiary/aromatic N) is 1. The highest BCUT2D eigenvalue weighted by molar-refractivity contribution is 6.00. The van der Waals surface area contributed by atoms with Crippen molar-refractivity contribution in [2.24, 2.45) is 0 Å². The third kappa shape index (κ3) is 5.10. The van der Waals surface area contributed by atoms with E-state index in [-0.39, 0.29) is 24.4 Å². The van der Waals surface area contributed by atoms with Gasteiger partial charge in [0, 0.05) is 13.5 Å². The number of ketones is 2. The van der Waals surface area contributed by atoms with Gasteiger partial charge < -0.3 is 4.74 Å². The first-order valence-corrected chi connectivity index (χ1v) is 4.03. The smallest absolute Gasteiger partial charge is 0.168 e. The topological polar surface area (TPSA) is 67.2 Å². The quantitative estimate of drug-likeness (QED) is 0.572. The van der Waals surface area contributed by atoms with E-state index in [1.165, 1.54) is 14.0 Å². The fourth-order valence-corrected chi connectivity index (χ4v) is 0.965. The molecule has 0 saturated heterocycles. The molecule has 0 aliphatic heterocycles. The Kier molecular flexibility index (Phi) is 5.73. The second kappa shape index (κ2) is 6.32. The van der Waals surface area contributed by atoms with Crippen molar-refractivity contribution in [2.45, 2.75) is 32.3 Å². The molecule has 0 radical (unpaired) electrons. The maximum Gasteiger partial charge on any atom is 0.168 e. The maximum atomic E-state index is 11.2. The molecule has 1 atom stereocenters. The summed E-state index contributed by atoms with van der Waals surface area (Å²) in [5, 5.41) is 8.29. The number of rotatable bonds is 6. The lowest BCUT2D eigenvalue weighted by Crippen LogP contribution is -2.24. The standard InChI is InChI=1S/C9H13NO3/c1-7(11)6-8(12)9(13-2)4-3-5-10/h9H,3-4,6H2,1-2H3. The van der Waals surface area contributed by atoms with Gasteiger partial charge in [-0.3, -0.25) is 9.59 Å². The van der Waals surface area contributed by atoms with Crippen LogP contribution in [0.4, 0.5) is 0 Å². The zero-order valence-corrected chi connectivity index (χ0v) is 7.87. The Hall–Kier alpha value is -1.21. The molecule has 0 fully saturated rings. The van der Waals surface area contributed by atoms with Gasteiger partial charge in [-0.25, -0.2) is 0 Å². The largest absolute Gasteiger partial charge is 0.374 e. The number of hydrogen-bond donors (Lipinski definition) is 0. The Labute approximate surface area is 77.5 Å². The Balaban J connectivity index is 4.00. The average Bonchev–Trinajstić information content (AvgIpc) is 2.04. The summed E-state index contributed by atoms with van der Waals surface area (Å²) in [5.74, 6) is -0.422. The SMILES string of the molecule is COC(CCC#N)C(=O)CC(C)=O. The first-order chi connectivity index (χ1) is 6.11. The van der Waals surface area contributed by atoms with Gasteiger partial charge in [0.1, 0.15) is 11.9 Å². The Morgan fingerprint density at radius 2 is 2.15 bits per heavy atom. The van der Waals surface area contributed by atoms with Crippen LogP contribution >= 0.6 is 0 Å². The molecule has 0 heterocycles. The molecule has 0 aromatic rings. The van der Waals surface area contributed by atoms with Crippen molar-refractivity contribution >= 4 is 11.6 Å². The molecule has 0 aliphatic carbocycles. The normalized spacial score (nSPS) is 11.8. The summed E-state index contributed by atoms with van der Waals surface area (Å²) in [7, 11) is 1.40. The molecule has 72 valence electrons. The summed E-state index contributed by atoms with van der Waals surface area (Å²) in [4.78, 5) is 21.8. The fraction of sp³-hybridized carbons (Fsp3) is 0.667. The number of nitriles is 1. The molecule has 1 unspecified atom stereocenters. The van der Waals surface area contributed by atoms with Crippen molar-refractivity contribution in [3.8, 4) is 6.07 Å². The number of Topliss-reactive ketones (excluding diaryl/α,β-unsaturated/α-hetero) is 2. The molecule has 0 aromatic carbocycles. The maximum absolute atomic E-state index is 11.2. The van der Waals surface area contributed by atoms with Crippen LogP contribution in [0.5, 0.6) is 0 Å². The van der Waals surface area contributed by atoms with Gasteiger partial charge in [-0.05, 0) is 13.3 Å². The Morgan fingerprint density at radius 1 is 1.54 bits per heavy atom. The molecule has 0 aliphatic rings. The van der Waals surface area contributed by atoms with Crippen LogP contribution in [0, 0.1) is 11.3 Å². The number of carbonyl (C=O) groups is 2. The summed E-state index contributed by atoms with van der Waals surface area (Å²) < 4.78 is 4.86. The monoisotopic (exact) mass is 183 g/mol. The number of methoxy groups -OCH3 is 1. The predicted molar refractivity (Wildman–Crippen MR) is 45.9 cm³/mol. The van der Waals surface area contributed by atoms with Crippen molar-refractivity contribution in [1.82, 2.24) is 0 Å². The van der Waals surface area contributed by atoms with Crippen LogP contribution < -0.4 is 0 Å². The summed E-state index contributed by atoms with van der Waals surface area (Å²) in [6.07, 6.45) is -0.0888. The van der Waals surface area contributed by atoms with Gasteiger partial charge >= 0.3 is 0 Å². The predicted octanol–water partition coefficient (Wildman–Crippen LogP) is 0.853. The van der Waals surface area contributed by atoms with Gasteiger partial charge in [-0.1, -0.05) is 0 Å². The van der Waals surface area contributed by atoms with Crippen LogP contribution in [-0.2, 0) is 14.3 Å². The van der Waals surface area contributed by atoms with Crippen LogP contribution in [0.1, 0.15) is 26.2 Å². The second-order valence-corrected chi connectivity index (χ2v) is 2.77. The number of ether oxygens (including phenoxy) is 1. The lowest BCUT2D eigenvalue weighted by atomic mass is 10.1. The Bertz CT molecular complexity index is 230. The zero-order valence-electron chi connectivity index (χ0n) is 7.87. The molecular formula is C9H13NO3.